The number of carbonyl (C=O) groups excluding carboxylic acids is 1. The second kappa shape index (κ2) is 7.28. The third-order valence-corrected chi connectivity index (χ3v) is 5.35. The summed E-state index contributed by atoms with van der Waals surface area (Å²) in [4.78, 5) is 17.2. The molecular formula is C19H28N2O. The molecule has 120 valence electrons. The highest BCUT2D eigenvalue weighted by atomic mass is 16.2. The van der Waals surface area contributed by atoms with E-state index >= 15 is 0 Å². The first-order valence-corrected chi connectivity index (χ1v) is 8.84. The Morgan fingerprint density at radius 1 is 1.09 bits per heavy atom. The summed E-state index contributed by atoms with van der Waals surface area (Å²) in [5, 5.41) is 0. The second-order valence-corrected chi connectivity index (χ2v) is 6.75. The van der Waals surface area contributed by atoms with Gasteiger partial charge in [-0.15, -0.1) is 0 Å². The molecule has 1 atom stereocenters. The molecule has 0 bridgehead atoms. The van der Waals surface area contributed by atoms with Crippen LogP contribution in [0.1, 0.15) is 38.2 Å². The van der Waals surface area contributed by atoms with Gasteiger partial charge in [0.1, 0.15) is 0 Å². The van der Waals surface area contributed by atoms with Gasteiger partial charge in [-0.25, -0.2) is 0 Å². The number of amides is 1. The van der Waals surface area contributed by atoms with Crippen molar-refractivity contribution in [3.05, 3.63) is 35.9 Å². The molecule has 3 rings (SSSR count). The molecular weight excluding hydrogens is 272 g/mol. The Labute approximate surface area is 134 Å². The normalized spacial score (nSPS) is 23.9. The first-order chi connectivity index (χ1) is 10.8. The van der Waals surface area contributed by atoms with Gasteiger partial charge in [-0.3, -0.25) is 9.69 Å². The van der Waals surface area contributed by atoms with Crippen LogP contribution in [0.5, 0.6) is 0 Å². The van der Waals surface area contributed by atoms with Gasteiger partial charge < -0.3 is 4.90 Å². The smallest absolute Gasteiger partial charge is 0.239 e. The molecule has 3 heteroatoms. The van der Waals surface area contributed by atoms with Crippen LogP contribution in [0.2, 0.25) is 0 Å². The van der Waals surface area contributed by atoms with Crippen molar-refractivity contribution in [3.8, 4) is 0 Å². The van der Waals surface area contributed by atoms with E-state index in [2.05, 4.69) is 47.1 Å². The molecule has 2 fully saturated rings. The maximum absolute atomic E-state index is 12.7. The number of likely N-dealkylation sites (tertiary alicyclic amines) is 2. The molecule has 0 spiro atoms. The Kier molecular flexibility index (Phi) is 5.14. The standard InChI is InChI=1S/C19H28N2O/c1-2-20-12-6-9-18(20)19(22)21-13-10-17(11-14-21)15-16-7-4-3-5-8-16/h3-5,7-8,17-18H,2,6,9-15H2,1H3. The number of benzene rings is 1. The molecule has 2 aliphatic heterocycles. The quantitative estimate of drug-likeness (QED) is 0.853. The van der Waals surface area contributed by atoms with Gasteiger partial charge in [0.05, 0.1) is 6.04 Å². The molecule has 0 aliphatic carbocycles. The van der Waals surface area contributed by atoms with Crippen LogP contribution < -0.4 is 0 Å². The van der Waals surface area contributed by atoms with Crippen LogP contribution in [0.4, 0.5) is 0 Å². The SMILES string of the molecule is CCN1CCCC1C(=O)N1CCC(Cc2ccccc2)CC1. The van der Waals surface area contributed by atoms with Crippen molar-refractivity contribution in [1.82, 2.24) is 9.80 Å². The number of piperidine rings is 1. The summed E-state index contributed by atoms with van der Waals surface area (Å²) < 4.78 is 0. The van der Waals surface area contributed by atoms with Crippen LogP contribution in [0.25, 0.3) is 0 Å². The Morgan fingerprint density at radius 2 is 1.82 bits per heavy atom. The molecule has 3 nitrogen and oxygen atoms in total. The Balaban J connectivity index is 1.50. The lowest BCUT2D eigenvalue weighted by molar-refractivity contribution is -0.137. The van der Waals surface area contributed by atoms with Crippen LogP contribution in [-0.4, -0.2) is 47.9 Å². The van der Waals surface area contributed by atoms with E-state index in [9.17, 15) is 4.79 Å². The van der Waals surface area contributed by atoms with Crippen LogP contribution >= 0.6 is 0 Å². The minimum atomic E-state index is 0.163. The molecule has 1 unspecified atom stereocenters. The fourth-order valence-corrected chi connectivity index (χ4v) is 4.00. The zero-order valence-corrected chi connectivity index (χ0v) is 13.7. The van der Waals surface area contributed by atoms with E-state index in [1.807, 2.05) is 0 Å². The molecule has 0 aromatic heterocycles. The van der Waals surface area contributed by atoms with Crippen molar-refractivity contribution in [1.29, 1.82) is 0 Å². The molecule has 0 saturated carbocycles. The van der Waals surface area contributed by atoms with Crippen molar-refractivity contribution in [2.24, 2.45) is 5.92 Å². The van der Waals surface area contributed by atoms with E-state index in [0.717, 1.165) is 57.8 Å². The summed E-state index contributed by atoms with van der Waals surface area (Å²) in [5.41, 5.74) is 1.43. The third-order valence-electron chi connectivity index (χ3n) is 5.35. The van der Waals surface area contributed by atoms with Crippen molar-refractivity contribution in [2.45, 2.75) is 45.1 Å². The van der Waals surface area contributed by atoms with Crippen LogP contribution in [0.15, 0.2) is 30.3 Å². The summed E-state index contributed by atoms with van der Waals surface area (Å²) in [6.07, 6.45) is 5.69. The lowest BCUT2D eigenvalue weighted by Gasteiger charge is -2.35. The van der Waals surface area contributed by atoms with Gasteiger partial charge >= 0.3 is 0 Å². The summed E-state index contributed by atoms with van der Waals surface area (Å²) >= 11 is 0. The molecule has 2 aliphatic rings. The number of rotatable bonds is 4. The zero-order chi connectivity index (χ0) is 15.4. The lowest BCUT2D eigenvalue weighted by atomic mass is 9.90. The molecule has 2 heterocycles. The number of nitrogens with zero attached hydrogens (tertiary/aromatic N) is 2. The van der Waals surface area contributed by atoms with Gasteiger partial charge in [0.25, 0.3) is 0 Å². The molecule has 0 N–H and O–H groups in total. The van der Waals surface area contributed by atoms with Gasteiger partial charge in [0.2, 0.25) is 5.91 Å². The van der Waals surface area contributed by atoms with E-state index in [0.29, 0.717) is 5.91 Å². The molecule has 1 aromatic rings. The zero-order valence-electron chi connectivity index (χ0n) is 13.7. The van der Waals surface area contributed by atoms with Gasteiger partial charge in [-0.2, -0.15) is 0 Å². The second-order valence-electron chi connectivity index (χ2n) is 6.75. The third kappa shape index (κ3) is 3.52. The fraction of sp³-hybridized carbons (Fsp3) is 0.632. The van der Waals surface area contributed by atoms with Crippen LogP contribution in [0.3, 0.4) is 0 Å². The van der Waals surface area contributed by atoms with Crippen LogP contribution in [0, 0.1) is 5.92 Å². The highest BCUT2D eigenvalue weighted by Crippen LogP contribution is 2.25. The Bertz CT molecular complexity index is 479. The van der Waals surface area contributed by atoms with E-state index in [4.69, 9.17) is 0 Å². The van der Waals surface area contributed by atoms with Gasteiger partial charge in [-0.05, 0) is 56.7 Å². The molecule has 1 aromatic carbocycles. The molecule has 2 saturated heterocycles. The first kappa shape index (κ1) is 15.5. The average molecular weight is 300 g/mol. The molecule has 22 heavy (non-hydrogen) atoms. The summed E-state index contributed by atoms with van der Waals surface area (Å²) in [5.74, 6) is 1.12. The molecule has 0 radical (unpaired) electrons. The predicted octanol–water partition coefficient (Wildman–Crippen LogP) is 2.95. The summed E-state index contributed by atoms with van der Waals surface area (Å²) in [6.45, 7) is 6.16. The molecule has 1 amide bonds. The number of hydrogen-bond acceptors (Lipinski definition) is 2. The van der Waals surface area contributed by atoms with Crippen LogP contribution in [-0.2, 0) is 11.2 Å². The summed E-state index contributed by atoms with van der Waals surface area (Å²) in [7, 11) is 0. The first-order valence-electron chi connectivity index (χ1n) is 8.84. The topological polar surface area (TPSA) is 23.6 Å². The maximum atomic E-state index is 12.7. The minimum absolute atomic E-state index is 0.163. The number of likely N-dealkylation sites (N-methyl/N-ethyl adjacent to an activating group) is 1. The van der Waals surface area contributed by atoms with Crippen molar-refractivity contribution >= 4 is 5.91 Å². The van der Waals surface area contributed by atoms with E-state index in [1.54, 1.807) is 0 Å². The summed E-state index contributed by atoms with van der Waals surface area (Å²) in [6, 6.07) is 10.9. The van der Waals surface area contributed by atoms with Gasteiger partial charge in [0, 0.05) is 13.1 Å². The Morgan fingerprint density at radius 3 is 2.50 bits per heavy atom. The monoisotopic (exact) mass is 300 g/mol. The van der Waals surface area contributed by atoms with E-state index < -0.39 is 0 Å². The maximum Gasteiger partial charge on any atom is 0.239 e. The van der Waals surface area contributed by atoms with Crippen molar-refractivity contribution < 1.29 is 4.79 Å². The number of carbonyl (C=O) groups is 1. The van der Waals surface area contributed by atoms with Crippen molar-refractivity contribution in [3.63, 3.8) is 0 Å². The number of hydrogen-bond donors (Lipinski definition) is 0. The Hall–Kier alpha value is -1.35. The fourth-order valence-electron chi connectivity index (χ4n) is 4.00. The average Bonchev–Trinajstić information content (AvgIpc) is 3.04. The van der Waals surface area contributed by atoms with Gasteiger partial charge in [0.15, 0.2) is 0 Å². The van der Waals surface area contributed by atoms with Gasteiger partial charge in [-0.1, -0.05) is 37.3 Å². The largest absolute Gasteiger partial charge is 0.341 e. The minimum Gasteiger partial charge on any atom is -0.341 e. The van der Waals surface area contributed by atoms with E-state index in [-0.39, 0.29) is 6.04 Å². The highest BCUT2D eigenvalue weighted by Gasteiger charge is 2.34. The lowest BCUT2D eigenvalue weighted by Crippen LogP contribution is -2.48. The van der Waals surface area contributed by atoms with E-state index in [1.165, 1.54) is 12.0 Å². The van der Waals surface area contributed by atoms with Crippen molar-refractivity contribution in [2.75, 3.05) is 26.2 Å². The highest BCUT2D eigenvalue weighted by molar-refractivity contribution is 5.82. The predicted molar refractivity (Wildman–Crippen MR) is 89.7 cm³/mol.